The van der Waals surface area contributed by atoms with E-state index in [1.165, 1.54) is 12.8 Å². The number of rotatable bonds is 4. The summed E-state index contributed by atoms with van der Waals surface area (Å²) in [4.78, 5) is 18.6. The Morgan fingerprint density at radius 1 is 1.14 bits per heavy atom. The molecule has 2 amide bonds. The largest absolute Gasteiger partial charge is 0.357 e. The van der Waals surface area contributed by atoms with Crippen LogP contribution in [0.3, 0.4) is 0 Å². The predicted octanol–water partition coefficient (Wildman–Crippen LogP) is 3.00. The third-order valence-corrected chi connectivity index (χ3v) is 3.72. The number of hydrogen-bond acceptors (Lipinski definition) is 3. The van der Waals surface area contributed by atoms with E-state index in [1.807, 2.05) is 42.5 Å². The van der Waals surface area contributed by atoms with Crippen molar-refractivity contribution in [1.29, 1.82) is 0 Å². The Kier molecular flexibility index (Phi) is 4.53. The van der Waals surface area contributed by atoms with Crippen LogP contribution in [0.4, 0.5) is 16.3 Å². The number of amides is 2. The van der Waals surface area contributed by atoms with Crippen molar-refractivity contribution in [1.82, 2.24) is 10.3 Å². The van der Waals surface area contributed by atoms with Gasteiger partial charge in [-0.25, -0.2) is 9.78 Å². The van der Waals surface area contributed by atoms with Crippen molar-refractivity contribution in [3.8, 4) is 0 Å². The first-order valence-corrected chi connectivity index (χ1v) is 7.61. The van der Waals surface area contributed by atoms with Crippen LogP contribution in [-0.4, -0.2) is 24.1 Å². The number of benzene rings is 1. The zero-order chi connectivity index (χ0) is 15.2. The van der Waals surface area contributed by atoms with Gasteiger partial charge in [-0.15, -0.1) is 0 Å². The van der Waals surface area contributed by atoms with Crippen molar-refractivity contribution >= 4 is 17.5 Å². The second-order valence-corrected chi connectivity index (χ2v) is 5.39. The lowest BCUT2D eigenvalue weighted by molar-refractivity contribution is 0.251. The van der Waals surface area contributed by atoms with E-state index in [0.717, 1.165) is 30.2 Å². The van der Waals surface area contributed by atoms with Crippen LogP contribution in [0.1, 0.15) is 18.4 Å². The molecule has 1 fully saturated rings. The number of pyridine rings is 1. The lowest BCUT2D eigenvalue weighted by Gasteiger charge is -2.17. The molecule has 5 nitrogen and oxygen atoms in total. The highest BCUT2D eigenvalue weighted by Gasteiger charge is 2.13. The standard InChI is InChI=1S/C17H20N4O/c22-17(20-15-6-2-1-3-7-15)19-13-14-8-9-18-16(12-14)21-10-4-5-11-21/h1-3,6-9,12H,4-5,10-11,13H2,(H2,19,20,22). The molecule has 5 heteroatoms. The number of hydrogen-bond donors (Lipinski definition) is 2. The summed E-state index contributed by atoms with van der Waals surface area (Å²) in [5.41, 5.74) is 1.84. The highest BCUT2D eigenvalue weighted by molar-refractivity contribution is 5.89. The molecule has 1 saturated heterocycles. The number of anilines is 2. The van der Waals surface area contributed by atoms with Gasteiger partial charge in [-0.3, -0.25) is 0 Å². The zero-order valence-electron chi connectivity index (χ0n) is 12.5. The van der Waals surface area contributed by atoms with Gasteiger partial charge in [0.2, 0.25) is 0 Å². The molecule has 0 radical (unpaired) electrons. The summed E-state index contributed by atoms with van der Waals surface area (Å²) < 4.78 is 0. The second-order valence-electron chi connectivity index (χ2n) is 5.39. The maximum atomic E-state index is 11.9. The number of aromatic nitrogens is 1. The topological polar surface area (TPSA) is 57.3 Å². The zero-order valence-corrected chi connectivity index (χ0v) is 12.5. The number of para-hydroxylation sites is 1. The molecule has 1 aromatic carbocycles. The molecule has 0 saturated carbocycles. The van der Waals surface area contributed by atoms with Crippen molar-refractivity contribution in [2.24, 2.45) is 0 Å². The highest BCUT2D eigenvalue weighted by atomic mass is 16.2. The molecular formula is C17H20N4O. The predicted molar refractivity (Wildman–Crippen MR) is 88.0 cm³/mol. The molecule has 3 rings (SSSR count). The number of urea groups is 1. The molecule has 2 N–H and O–H groups in total. The summed E-state index contributed by atoms with van der Waals surface area (Å²) in [7, 11) is 0. The van der Waals surface area contributed by atoms with Crippen molar-refractivity contribution < 1.29 is 4.79 Å². The van der Waals surface area contributed by atoms with Gasteiger partial charge in [-0.05, 0) is 42.7 Å². The van der Waals surface area contributed by atoms with E-state index in [-0.39, 0.29) is 6.03 Å². The minimum atomic E-state index is -0.203. The normalized spacial score (nSPS) is 13.9. The first-order valence-electron chi connectivity index (χ1n) is 7.61. The van der Waals surface area contributed by atoms with Gasteiger partial charge < -0.3 is 15.5 Å². The summed E-state index contributed by atoms with van der Waals surface area (Å²) in [6.07, 6.45) is 4.26. The lowest BCUT2D eigenvalue weighted by atomic mass is 10.2. The van der Waals surface area contributed by atoms with Gasteiger partial charge in [-0.1, -0.05) is 18.2 Å². The van der Waals surface area contributed by atoms with Gasteiger partial charge in [0.25, 0.3) is 0 Å². The van der Waals surface area contributed by atoms with Crippen molar-refractivity contribution in [3.05, 3.63) is 54.2 Å². The molecule has 1 aromatic heterocycles. The Labute approximate surface area is 130 Å². The number of nitrogens with zero attached hydrogens (tertiary/aromatic N) is 2. The number of carbonyl (C=O) groups is 1. The fourth-order valence-electron chi connectivity index (χ4n) is 2.57. The average molecular weight is 296 g/mol. The van der Waals surface area contributed by atoms with Gasteiger partial charge in [0.05, 0.1) is 0 Å². The Balaban J connectivity index is 1.54. The number of nitrogens with one attached hydrogen (secondary N) is 2. The molecular weight excluding hydrogens is 276 g/mol. The monoisotopic (exact) mass is 296 g/mol. The van der Waals surface area contributed by atoms with E-state index in [9.17, 15) is 4.79 Å². The van der Waals surface area contributed by atoms with Crippen LogP contribution < -0.4 is 15.5 Å². The molecule has 1 aliphatic rings. The summed E-state index contributed by atoms with van der Waals surface area (Å²) in [6.45, 7) is 2.62. The average Bonchev–Trinajstić information content (AvgIpc) is 3.09. The minimum absolute atomic E-state index is 0.203. The quantitative estimate of drug-likeness (QED) is 0.912. The van der Waals surface area contributed by atoms with Crippen molar-refractivity contribution in [2.45, 2.75) is 19.4 Å². The van der Waals surface area contributed by atoms with E-state index < -0.39 is 0 Å². The van der Waals surface area contributed by atoms with E-state index in [0.29, 0.717) is 6.54 Å². The molecule has 0 spiro atoms. The maximum Gasteiger partial charge on any atom is 0.319 e. The van der Waals surface area contributed by atoms with Gasteiger partial charge in [0, 0.05) is 31.5 Å². The van der Waals surface area contributed by atoms with Crippen molar-refractivity contribution in [2.75, 3.05) is 23.3 Å². The second kappa shape index (κ2) is 6.93. The molecule has 0 atom stereocenters. The van der Waals surface area contributed by atoms with E-state index in [1.54, 1.807) is 6.20 Å². The fraction of sp³-hybridized carbons (Fsp3) is 0.294. The first-order chi connectivity index (χ1) is 10.8. The Morgan fingerprint density at radius 3 is 2.68 bits per heavy atom. The van der Waals surface area contributed by atoms with Crippen LogP contribution in [0.5, 0.6) is 0 Å². The lowest BCUT2D eigenvalue weighted by Crippen LogP contribution is -2.28. The molecule has 114 valence electrons. The maximum absolute atomic E-state index is 11.9. The number of carbonyl (C=O) groups excluding carboxylic acids is 1. The van der Waals surface area contributed by atoms with E-state index in [4.69, 9.17) is 0 Å². The van der Waals surface area contributed by atoms with Gasteiger partial charge in [0.15, 0.2) is 0 Å². The van der Waals surface area contributed by atoms with Crippen LogP contribution >= 0.6 is 0 Å². The molecule has 0 bridgehead atoms. The first kappa shape index (κ1) is 14.4. The van der Waals surface area contributed by atoms with Crippen molar-refractivity contribution in [3.63, 3.8) is 0 Å². The van der Waals surface area contributed by atoms with Crippen LogP contribution in [-0.2, 0) is 6.54 Å². The molecule has 1 aliphatic heterocycles. The van der Waals surface area contributed by atoms with E-state index >= 15 is 0 Å². The highest BCUT2D eigenvalue weighted by Crippen LogP contribution is 2.18. The summed E-state index contributed by atoms with van der Waals surface area (Å²) in [5, 5.41) is 5.67. The smallest absolute Gasteiger partial charge is 0.319 e. The van der Waals surface area contributed by atoms with Crippen LogP contribution in [0.2, 0.25) is 0 Å². The Morgan fingerprint density at radius 2 is 1.91 bits per heavy atom. The Bertz CT molecular complexity index is 624. The summed E-state index contributed by atoms with van der Waals surface area (Å²) >= 11 is 0. The summed E-state index contributed by atoms with van der Waals surface area (Å²) in [6, 6.07) is 13.2. The van der Waals surface area contributed by atoms with Crippen LogP contribution in [0.25, 0.3) is 0 Å². The van der Waals surface area contributed by atoms with E-state index in [2.05, 4.69) is 20.5 Å². The van der Waals surface area contributed by atoms with Crippen LogP contribution in [0, 0.1) is 0 Å². The summed E-state index contributed by atoms with van der Waals surface area (Å²) in [5.74, 6) is 1.00. The Hall–Kier alpha value is -2.56. The minimum Gasteiger partial charge on any atom is -0.357 e. The van der Waals surface area contributed by atoms with Gasteiger partial charge in [-0.2, -0.15) is 0 Å². The molecule has 2 aromatic rings. The van der Waals surface area contributed by atoms with Gasteiger partial charge >= 0.3 is 6.03 Å². The molecule has 2 heterocycles. The molecule has 22 heavy (non-hydrogen) atoms. The molecule has 0 aliphatic carbocycles. The van der Waals surface area contributed by atoms with Crippen LogP contribution in [0.15, 0.2) is 48.7 Å². The fourth-order valence-corrected chi connectivity index (χ4v) is 2.57. The third-order valence-electron chi connectivity index (χ3n) is 3.72. The molecule has 0 unspecified atom stereocenters. The van der Waals surface area contributed by atoms with Gasteiger partial charge in [0.1, 0.15) is 5.82 Å². The third kappa shape index (κ3) is 3.75. The SMILES string of the molecule is O=C(NCc1ccnc(N2CCCC2)c1)Nc1ccccc1.